The van der Waals surface area contributed by atoms with E-state index >= 15 is 0 Å². The molecule has 0 aromatic heterocycles. The minimum atomic E-state index is -4.76. The zero-order chi connectivity index (χ0) is 40.3. The van der Waals surface area contributed by atoms with Gasteiger partial charge in [0, 0.05) is 12.8 Å². The molecular formula is C46H85O8P. The molecule has 0 aromatic rings. The first-order valence-corrected chi connectivity index (χ1v) is 24.3. The van der Waals surface area contributed by atoms with Gasteiger partial charge < -0.3 is 19.3 Å². The highest BCUT2D eigenvalue weighted by Crippen LogP contribution is 2.36. The summed E-state index contributed by atoms with van der Waals surface area (Å²) in [7, 11) is -4.76. The Hall–Kier alpha value is -1.73. The van der Waals surface area contributed by atoms with Gasteiger partial charge in [0.05, 0.1) is 6.61 Å². The number of carbonyl (C=O) groups is 2. The van der Waals surface area contributed by atoms with E-state index in [1.54, 1.807) is 0 Å². The largest absolute Gasteiger partial charge is 0.469 e. The van der Waals surface area contributed by atoms with Crippen LogP contribution in [0, 0.1) is 0 Å². The molecule has 1 atom stereocenters. The zero-order valence-electron chi connectivity index (χ0n) is 35.6. The maximum absolute atomic E-state index is 12.4. The van der Waals surface area contributed by atoms with E-state index in [9.17, 15) is 14.2 Å². The lowest BCUT2D eigenvalue weighted by molar-refractivity contribution is -0.161. The van der Waals surface area contributed by atoms with Crippen LogP contribution in [-0.4, -0.2) is 41.0 Å². The summed E-state index contributed by atoms with van der Waals surface area (Å²) in [6, 6.07) is 0. The summed E-state index contributed by atoms with van der Waals surface area (Å²) >= 11 is 0. The predicted molar refractivity (Wildman–Crippen MR) is 230 cm³/mol. The Morgan fingerprint density at radius 3 is 1.22 bits per heavy atom. The van der Waals surface area contributed by atoms with Gasteiger partial charge in [-0.3, -0.25) is 14.1 Å². The third-order valence-corrected chi connectivity index (χ3v) is 10.3. The molecule has 0 heterocycles. The lowest BCUT2D eigenvalue weighted by Crippen LogP contribution is -2.29. The number of unbranched alkanes of at least 4 members (excludes halogenated alkanes) is 26. The molecule has 0 amide bonds. The van der Waals surface area contributed by atoms with Gasteiger partial charge in [-0.05, 0) is 70.6 Å². The van der Waals surface area contributed by atoms with Crippen molar-refractivity contribution in [1.29, 1.82) is 0 Å². The monoisotopic (exact) mass is 797 g/mol. The molecule has 55 heavy (non-hydrogen) atoms. The molecular weight excluding hydrogens is 711 g/mol. The average Bonchev–Trinajstić information content (AvgIpc) is 3.16. The molecule has 9 heteroatoms. The maximum atomic E-state index is 12.4. The van der Waals surface area contributed by atoms with Gasteiger partial charge in [-0.1, -0.05) is 179 Å². The van der Waals surface area contributed by atoms with Crippen molar-refractivity contribution >= 4 is 19.8 Å². The molecule has 0 unspecified atom stereocenters. The normalized spacial score (nSPS) is 12.7. The van der Waals surface area contributed by atoms with E-state index in [1.165, 1.54) is 128 Å². The van der Waals surface area contributed by atoms with E-state index in [1.807, 2.05) is 0 Å². The van der Waals surface area contributed by atoms with Crippen molar-refractivity contribution in [3.8, 4) is 0 Å². The molecule has 0 aliphatic rings. The third kappa shape index (κ3) is 44.8. The summed E-state index contributed by atoms with van der Waals surface area (Å²) in [4.78, 5) is 42.9. The van der Waals surface area contributed by atoms with Gasteiger partial charge in [-0.2, -0.15) is 0 Å². The van der Waals surface area contributed by atoms with E-state index in [4.69, 9.17) is 19.3 Å². The summed E-state index contributed by atoms with van der Waals surface area (Å²) in [6.45, 7) is 3.66. The Balaban J connectivity index is 3.90. The first-order valence-electron chi connectivity index (χ1n) is 22.8. The zero-order valence-corrected chi connectivity index (χ0v) is 36.5. The van der Waals surface area contributed by atoms with Crippen molar-refractivity contribution in [2.45, 2.75) is 232 Å². The van der Waals surface area contributed by atoms with Crippen molar-refractivity contribution in [2.75, 3.05) is 13.2 Å². The van der Waals surface area contributed by atoms with Crippen LogP contribution in [0.4, 0.5) is 0 Å². The summed E-state index contributed by atoms with van der Waals surface area (Å²) in [5.41, 5.74) is 0. The number of hydrogen-bond acceptors (Lipinski definition) is 6. The quantitative estimate of drug-likeness (QED) is 0.0271. The summed E-state index contributed by atoms with van der Waals surface area (Å²) in [5.74, 6) is -0.939. The van der Waals surface area contributed by atoms with Crippen LogP contribution < -0.4 is 0 Å². The molecule has 0 fully saturated rings. The maximum Gasteiger partial charge on any atom is 0.469 e. The van der Waals surface area contributed by atoms with Crippen LogP contribution >= 0.6 is 7.82 Å². The Kier molecular flexibility index (Phi) is 40.6. The highest BCUT2D eigenvalue weighted by Gasteiger charge is 2.22. The Labute approximate surface area is 338 Å². The molecule has 0 aromatic carbocycles. The summed E-state index contributed by atoms with van der Waals surface area (Å²) < 4.78 is 26.4. The number of carbonyl (C=O) groups excluding carboxylic acids is 2. The number of phosphoric acid groups is 1. The smallest absolute Gasteiger partial charge is 0.462 e. The summed E-state index contributed by atoms with van der Waals surface area (Å²) in [6.07, 6.45) is 50.3. The summed E-state index contributed by atoms with van der Waals surface area (Å²) in [5, 5.41) is 0. The molecule has 0 spiro atoms. The average molecular weight is 797 g/mol. The van der Waals surface area contributed by atoms with Gasteiger partial charge in [-0.15, -0.1) is 0 Å². The minimum absolute atomic E-state index is 0.194. The fraction of sp³-hybridized carbons (Fsp3) is 0.826. The second kappa shape index (κ2) is 41.9. The molecule has 0 radical (unpaired) electrons. The SMILES string of the molecule is CCCCCCC/C=C/CCCCCCCC(=O)O[C@H](COC(=O)CCC/C=C/CC/C=C/CCCCCCCCCCCCCCCC)COP(=O)(O)O. The van der Waals surface area contributed by atoms with Gasteiger partial charge in [-0.25, -0.2) is 4.57 Å². The van der Waals surface area contributed by atoms with Crippen LogP contribution in [0.25, 0.3) is 0 Å². The number of rotatable bonds is 42. The highest BCUT2D eigenvalue weighted by atomic mass is 31.2. The Morgan fingerprint density at radius 1 is 0.455 bits per heavy atom. The number of ether oxygens (including phenoxy) is 2. The molecule has 2 N–H and O–H groups in total. The standard InChI is InChI=1S/C46H85O8P/c1-3-5-7-9-11-13-15-17-19-20-21-22-23-24-25-26-27-29-30-32-34-36-38-40-45(47)52-42-44(43-53-55(49,50)51)54-46(48)41-39-37-35-33-31-28-18-16-14-12-10-8-6-4-2/h16,18,26-27,32,34,44H,3-15,17,19-25,28-31,33,35-43H2,1-2H3,(H2,49,50,51)/b18-16+,27-26+,34-32+/t44-/m1/s1. The van der Waals surface area contributed by atoms with E-state index in [0.717, 1.165) is 57.8 Å². The van der Waals surface area contributed by atoms with E-state index < -0.39 is 32.5 Å². The van der Waals surface area contributed by atoms with Gasteiger partial charge in [0.2, 0.25) is 0 Å². The second-order valence-corrected chi connectivity index (χ2v) is 16.6. The van der Waals surface area contributed by atoms with Gasteiger partial charge in [0.25, 0.3) is 0 Å². The first kappa shape index (κ1) is 53.3. The topological polar surface area (TPSA) is 119 Å². The van der Waals surface area contributed by atoms with Crippen LogP contribution in [0.15, 0.2) is 36.5 Å². The molecule has 0 rings (SSSR count). The lowest BCUT2D eigenvalue weighted by Gasteiger charge is -2.18. The molecule has 322 valence electrons. The highest BCUT2D eigenvalue weighted by molar-refractivity contribution is 7.46. The molecule has 8 nitrogen and oxygen atoms in total. The molecule has 0 saturated heterocycles. The fourth-order valence-corrected chi connectivity index (χ4v) is 6.81. The molecule has 0 bridgehead atoms. The van der Waals surface area contributed by atoms with Gasteiger partial charge >= 0.3 is 19.8 Å². The molecule has 0 saturated carbocycles. The van der Waals surface area contributed by atoms with Crippen molar-refractivity contribution < 1.29 is 37.9 Å². The van der Waals surface area contributed by atoms with Crippen molar-refractivity contribution in [1.82, 2.24) is 0 Å². The fourth-order valence-electron chi connectivity index (χ4n) is 6.45. The first-order chi connectivity index (χ1) is 26.8. The molecule has 0 aliphatic heterocycles. The van der Waals surface area contributed by atoms with E-state index in [2.05, 4.69) is 54.8 Å². The van der Waals surface area contributed by atoms with Crippen LogP contribution in [0.2, 0.25) is 0 Å². The molecule has 0 aliphatic carbocycles. The van der Waals surface area contributed by atoms with Crippen molar-refractivity contribution in [2.24, 2.45) is 0 Å². The Morgan fingerprint density at radius 2 is 0.800 bits per heavy atom. The van der Waals surface area contributed by atoms with Crippen LogP contribution in [0.1, 0.15) is 226 Å². The number of hydrogen-bond donors (Lipinski definition) is 2. The van der Waals surface area contributed by atoms with Crippen molar-refractivity contribution in [3.63, 3.8) is 0 Å². The van der Waals surface area contributed by atoms with Gasteiger partial charge in [0.15, 0.2) is 6.10 Å². The van der Waals surface area contributed by atoms with E-state index in [0.29, 0.717) is 12.8 Å². The predicted octanol–water partition coefficient (Wildman–Crippen LogP) is 14.1. The van der Waals surface area contributed by atoms with Crippen LogP contribution in [-0.2, 0) is 28.2 Å². The second-order valence-electron chi connectivity index (χ2n) is 15.4. The van der Waals surface area contributed by atoms with E-state index in [-0.39, 0.29) is 19.4 Å². The van der Waals surface area contributed by atoms with Crippen LogP contribution in [0.3, 0.4) is 0 Å². The van der Waals surface area contributed by atoms with Crippen molar-refractivity contribution in [3.05, 3.63) is 36.5 Å². The lowest BCUT2D eigenvalue weighted by atomic mass is 10.0. The number of phosphoric ester groups is 1. The number of allylic oxidation sites excluding steroid dienone is 6. The minimum Gasteiger partial charge on any atom is -0.462 e. The Bertz CT molecular complexity index is 988. The van der Waals surface area contributed by atoms with Gasteiger partial charge in [0.1, 0.15) is 6.61 Å². The third-order valence-electron chi connectivity index (χ3n) is 9.86. The van der Waals surface area contributed by atoms with Crippen LogP contribution in [0.5, 0.6) is 0 Å². The number of esters is 2.